The highest BCUT2D eigenvalue weighted by Crippen LogP contribution is 2.72. The number of aliphatic hydroxyl groups is 1. The maximum absolute atomic E-state index is 17.2. The van der Waals surface area contributed by atoms with Crippen LogP contribution in [0, 0.1) is 22.7 Å². The number of alkyl halides is 2. The zero-order valence-corrected chi connectivity index (χ0v) is 20.4. The molecule has 0 aromatic carbocycles. The summed E-state index contributed by atoms with van der Waals surface area (Å²) in [5, 5.41) is 11.3. The van der Waals surface area contributed by atoms with E-state index in [1.807, 2.05) is 6.92 Å². The number of halogens is 2. The third-order valence-electron chi connectivity index (χ3n) is 9.12. The zero-order valence-electron chi connectivity index (χ0n) is 18.8. The molecule has 0 aromatic heterocycles. The molecule has 3 saturated carbocycles. The SMILES string of the molecule is CC1(C)O[C@@H]2C[C@H]3[C@@H]4CCC5=CC(=O)C=C[C@]5(C)[C@@]4(F)[C@@H](O)C[C@]3(C)[C@]2(C(=O)SCCl)O1. The molecule has 4 aliphatic carbocycles. The largest absolute Gasteiger partial charge is 0.390 e. The fourth-order valence-electron chi connectivity index (χ4n) is 7.82. The number of ether oxygens (including phenoxy) is 2. The van der Waals surface area contributed by atoms with Crippen molar-refractivity contribution >= 4 is 34.3 Å². The second kappa shape index (κ2) is 6.91. The molecule has 5 aliphatic rings. The van der Waals surface area contributed by atoms with Gasteiger partial charge in [-0.25, -0.2) is 4.39 Å². The van der Waals surface area contributed by atoms with Crippen LogP contribution in [0.5, 0.6) is 0 Å². The Labute approximate surface area is 197 Å². The van der Waals surface area contributed by atoms with Crippen molar-refractivity contribution in [2.75, 3.05) is 5.21 Å². The van der Waals surface area contributed by atoms with Gasteiger partial charge in [-0.15, -0.1) is 11.6 Å². The Morgan fingerprint density at radius 2 is 2.03 bits per heavy atom. The molecule has 8 atom stereocenters. The minimum absolute atomic E-state index is 0.0693. The Hall–Kier alpha value is -0.730. The molecule has 4 fully saturated rings. The van der Waals surface area contributed by atoms with Crippen molar-refractivity contribution < 1.29 is 28.6 Å². The van der Waals surface area contributed by atoms with Crippen LogP contribution < -0.4 is 0 Å². The molecule has 1 heterocycles. The second-order valence-corrected chi connectivity index (χ2v) is 12.4. The molecule has 1 aliphatic heterocycles. The number of hydrogen-bond donors (Lipinski definition) is 1. The lowest BCUT2D eigenvalue weighted by atomic mass is 9.45. The van der Waals surface area contributed by atoms with Gasteiger partial charge in [0.25, 0.3) is 0 Å². The molecule has 0 radical (unpaired) electrons. The molecule has 8 heteroatoms. The van der Waals surface area contributed by atoms with Crippen molar-refractivity contribution in [2.24, 2.45) is 22.7 Å². The van der Waals surface area contributed by atoms with Gasteiger partial charge in [-0.2, -0.15) is 0 Å². The van der Waals surface area contributed by atoms with Gasteiger partial charge in [0, 0.05) is 16.7 Å². The normalized spacial score (nSPS) is 50.8. The van der Waals surface area contributed by atoms with Crippen LogP contribution in [0.1, 0.15) is 53.4 Å². The van der Waals surface area contributed by atoms with Crippen LogP contribution in [0.15, 0.2) is 23.8 Å². The van der Waals surface area contributed by atoms with E-state index in [0.717, 1.165) is 17.3 Å². The van der Waals surface area contributed by atoms with Gasteiger partial charge in [0.2, 0.25) is 5.12 Å². The van der Waals surface area contributed by atoms with Crippen molar-refractivity contribution in [3.05, 3.63) is 23.8 Å². The van der Waals surface area contributed by atoms with Gasteiger partial charge in [-0.05, 0) is 64.5 Å². The Balaban J connectivity index is 1.63. The molecule has 0 spiro atoms. The van der Waals surface area contributed by atoms with Crippen LogP contribution in [0.4, 0.5) is 4.39 Å². The van der Waals surface area contributed by atoms with Gasteiger partial charge in [0.1, 0.15) is 0 Å². The van der Waals surface area contributed by atoms with Gasteiger partial charge < -0.3 is 14.6 Å². The van der Waals surface area contributed by atoms with E-state index in [9.17, 15) is 14.7 Å². The molecular weight excluding hydrogens is 455 g/mol. The molecular formula is C24H30ClFO5S. The van der Waals surface area contributed by atoms with Gasteiger partial charge in [0.05, 0.1) is 17.4 Å². The quantitative estimate of drug-likeness (QED) is 0.589. The van der Waals surface area contributed by atoms with E-state index in [1.165, 1.54) is 12.2 Å². The van der Waals surface area contributed by atoms with Gasteiger partial charge in [-0.3, -0.25) is 9.59 Å². The molecule has 176 valence electrons. The fraction of sp³-hybridized carbons (Fsp3) is 0.750. The Morgan fingerprint density at radius 3 is 2.72 bits per heavy atom. The molecule has 32 heavy (non-hydrogen) atoms. The number of aliphatic hydroxyl groups excluding tert-OH is 1. The Bertz CT molecular complexity index is 951. The highest BCUT2D eigenvalue weighted by molar-refractivity contribution is 8.14. The number of rotatable bonds is 2. The predicted molar refractivity (Wildman–Crippen MR) is 120 cm³/mol. The molecule has 0 aromatic rings. The molecule has 0 bridgehead atoms. The zero-order chi connectivity index (χ0) is 23.3. The number of thioether (sulfide) groups is 1. The van der Waals surface area contributed by atoms with Crippen molar-refractivity contribution in [3.63, 3.8) is 0 Å². The lowest BCUT2D eigenvalue weighted by Crippen LogP contribution is -2.69. The van der Waals surface area contributed by atoms with Gasteiger partial charge >= 0.3 is 0 Å². The Kier molecular flexibility index (Phi) is 4.97. The summed E-state index contributed by atoms with van der Waals surface area (Å²) in [6.45, 7) is 7.30. The predicted octanol–water partition coefficient (Wildman–Crippen LogP) is 4.31. The topological polar surface area (TPSA) is 72.8 Å². The molecule has 1 N–H and O–H groups in total. The van der Waals surface area contributed by atoms with E-state index < -0.39 is 46.0 Å². The second-order valence-electron chi connectivity index (χ2n) is 10.9. The summed E-state index contributed by atoms with van der Waals surface area (Å²) >= 11 is 6.90. The average Bonchev–Trinajstić information content (AvgIpc) is 3.10. The minimum atomic E-state index is -1.95. The maximum atomic E-state index is 17.2. The van der Waals surface area contributed by atoms with Crippen LogP contribution in [0.3, 0.4) is 0 Å². The van der Waals surface area contributed by atoms with E-state index in [2.05, 4.69) is 0 Å². The molecule has 5 nitrogen and oxygen atoms in total. The highest BCUT2D eigenvalue weighted by atomic mass is 35.5. The van der Waals surface area contributed by atoms with Crippen LogP contribution >= 0.6 is 23.4 Å². The van der Waals surface area contributed by atoms with Crippen molar-refractivity contribution in [3.8, 4) is 0 Å². The van der Waals surface area contributed by atoms with E-state index in [4.69, 9.17) is 21.1 Å². The Morgan fingerprint density at radius 1 is 1.31 bits per heavy atom. The van der Waals surface area contributed by atoms with Crippen molar-refractivity contribution in [2.45, 2.75) is 82.6 Å². The number of hydrogen-bond acceptors (Lipinski definition) is 6. The monoisotopic (exact) mass is 484 g/mol. The van der Waals surface area contributed by atoms with E-state index in [-0.39, 0.29) is 28.4 Å². The summed E-state index contributed by atoms with van der Waals surface area (Å²) in [6.07, 6.45) is 4.35. The summed E-state index contributed by atoms with van der Waals surface area (Å²) in [7, 11) is 0. The van der Waals surface area contributed by atoms with Gasteiger partial charge in [0.15, 0.2) is 22.8 Å². The average molecular weight is 485 g/mol. The van der Waals surface area contributed by atoms with Crippen molar-refractivity contribution in [1.82, 2.24) is 0 Å². The lowest BCUT2D eigenvalue weighted by molar-refractivity contribution is -0.243. The first-order valence-corrected chi connectivity index (χ1v) is 12.8. The number of allylic oxidation sites excluding steroid dienone is 4. The first-order valence-electron chi connectivity index (χ1n) is 11.3. The van der Waals surface area contributed by atoms with Crippen LogP contribution in [0.25, 0.3) is 0 Å². The molecule has 1 saturated heterocycles. The summed E-state index contributed by atoms with van der Waals surface area (Å²) in [5.74, 6) is -1.82. The van der Waals surface area contributed by atoms with E-state index >= 15 is 4.39 Å². The molecule has 5 rings (SSSR count). The van der Waals surface area contributed by atoms with Gasteiger partial charge in [-0.1, -0.05) is 30.3 Å². The number of ketones is 1. The smallest absolute Gasteiger partial charge is 0.225 e. The number of fused-ring (bicyclic) bond motifs is 7. The van der Waals surface area contributed by atoms with E-state index in [0.29, 0.717) is 19.3 Å². The number of carbonyl (C=O) groups excluding carboxylic acids is 2. The maximum Gasteiger partial charge on any atom is 0.225 e. The molecule has 0 unspecified atom stereocenters. The summed E-state index contributed by atoms with van der Waals surface area (Å²) in [6, 6.07) is 0. The number of carbonyl (C=O) groups is 2. The third-order valence-corrected chi connectivity index (χ3v) is 10.1. The summed E-state index contributed by atoms with van der Waals surface area (Å²) in [4.78, 5) is 25.5. The van der Waals surface area contributed by atoms with Crippen molar-refractivity contribution in [1.29, 1.82) is 0 Å². The van der Waals surface area contributed by atoms with Crippen LogP contribution in [-0.2, 0) is 19.1 Å². The standard InChI is InChI=1S/C24H30ClFO5S/c1-20(2)30-18-10-16-15-6-5-13-9-14(27)7-8-21(13,3)23(15,26)17(28)11-22(16,4)24(18,31-20)19(29)32-12-25/h7-9,15-18,28H,5-6,10-12H2,1-4H3/t15-,16-,17-,18+,21-,22-,23-,24-/m0/s1. The highest BCUT2D eigenvalue weighted by Gasteiger charge is 2.80. The van der Waals surface area contributed by atoms with Crippen LogP contribution in [0.2, 0.25) is 0 Å². The first-order chi connectivity index (χ1) is 14.9. The van der Waals surface area contributed by atoms with E-state index in [1.54, 1.807) is 26.8 Å². The molecule has 0 amide bonds. The fourth-order valence-corrected chi connectivity index (χ4v) is 8.83. The summed E-state index contributed by atoms with van der Waals surface area (Å²) < 4.78 is 29.8. The van der Waals surface area contributed by atoms with Crippen LogP contribution in [-0.4, -0.2) is 50.5 Å². The minimum Gasteiger partial charge on any atom is -0.390 e. The first kappa shape index (κ1) is 23.0. The lowest BCUT2D eigenvalue weighted by Gasteiger charge is -2.62. The third kappa shape index (κ3) is 2.58. The summed E-state index contributed by atoms with van der Waals surface area (Å²) in [5.41, 5.74) is -4.38.